The number of ether oxygens (including phenoxy) is 1. The second-order valence-electron chi connectivity index (χ2n) is 7.44. The van der Waals surface area contributed by atoms with Crippen molar-refractivity contribution >= 4 is 23.2 Å². The number of hydrogen-bond donors (Lipinski definition) is 2. The number of amides is 1. The lowest BCUT2D eigenvalue weighted by atomic mass is 10.1. The number of carbonyl (C=O) groups is 1. The number of halogens is 6. The van der Waals surface area contributed by atoms with Crippen molar-refractivity contribution in [2.75, 3.05) is 5.32 Å². The van der Waals surface area contributed by atoms with E-state index in [4.69, 9.17) is 16.3 Å². The van der Waals surface area contributed by atoms with Crippen LogP contribution < -0.4 is 15.7 Å². The van der Waals surface area contributed by atoms with Gasteiger partial charge in [0.1, 0.15) is 29.2 Å². The van der Waals surface area contributed by atoms with Gasteiger partial charge in [0, 0.05) is 13.1 Å². The molecule has 1 aromatic heterocycles. The van der Waals surface area contributed by atoms with Crippen LogP contribution in [-0.4, -0.2) is 37.6 Å². The second-order valence-corrected chi connectivity index (χ2v) is 7.85. The Hall–Kier alpha value is -3.45. The molecule has 3 aromatic rings. The lowest BCUT2D eigenvalue weighted by Gasteiger charge is -2.20. The molecule has 0 saturated heterocycles. The predicted molar refractivity (Wildman–Crippen MR) is 115 cm³/mol. The van der Waals surface area contributed by atoms with E-state index in [9.17, 15) is 32.3 Å². The number of nitrogens with one attached hydrogen (secondary N) is 1. The van der Waals surface area contributed by atoms with Crippen LogP contribution in [0.5, 0.6) is 5.75 Å². The Morgan fingerprint density at radius 1 is 1.20 bits per heavy atom. The zero-order valence-corrected chi connectivity index (χ0v) is 19.1. The molecule has 0 saturated carbocycles. The van der Waals surface area contributed by atoms with E-state index in [-0.39, 0.29) is 10.8 Å². The fourth-order valence-electron chi connectivity index (χ4n) is 3.01. The number of hydrogen-bond acceptors (Lipinski definition) is 5. The summed E-state index contributed by atoms with van der Waals surface area (Å²) in [7, 11) is 1.24. The summed E-state index contributed by atoms with van der Waals surface area (Å²) in [5.41, 5.74) is -2.80. The first-order valence-electron chi connectivity index (χ1n) is 9.89. The highest BCUT2D eigenvalue weighted by molar-refractivity contribution is 6.34. The molecule has 0 radical (unpaired) electrons. The molecule has 2 aromatic carbocycles. The molecule has 188 valence electrons. The molecule has 0 spiro atoms. The van der Waals surface area contributed by atoms with E-state index in [1.54, 1.807) is 0 Å². The third kappa shape index (κ3) is 5.30. The number of carbonyl (C=O) groups excluding carboxylic acids is 1. The number of aromatic nitrogens is 3. The second kappa shape index (κ2) is 9.66. The van der Waals surface area contributed by atoms with Crippen LogP contribution >= 0.6 is 11.6 Å². The van der Waals surface area contributed by atoms with E-state index in [1.807, 2.05) is 0 Å². The molecule has 0 aliphatic rings. The highest BCUT2D eigenvalue weighted by atomic mass is 35.5. The average Bonchev–Trinajstić information content (AvgIpc) is 3.05. The number of aliphatic hydroxyl groups excluding tert-OH is 1. The Labute approximate surface area is 199 Å². The summed E-state index contributed by atoms with van der Waals surface area (Å²) in [6.45, 7) is 1.94. The Morgan fingerprint density at radius 3 is 2.40 bits per heavy atom. The standard InChI is InChI=1S/C21H18ClF5N4O4/c1-9(32)18-29-31(20(34)30(18)3)15-8-16(35-10(2)21(25,26)27)11(7-14(15)24)19(33)28-17-12(22)5-4-6-13(17)23/h4-10,32H,1-3H3,(H,28,33)/t9-,10-/m0/s1. The van der Waals surface area contributed by atoms with Crippen LogP contribution in [0.25, 0.3) is 5.69 Å². The van der Waals surface area contributed by atoms with Crippen LogP contribution in [0.3, 0.4) is 0 Å². The van der Waals surface area contributed by atoms with Crippen LogP contribution in [0, 0.1) is 11.6 Å². The monoisotopic (exact) mass is 520 g/mol. The molecule has 1 amide bonds. The SMILES string of the molecule is C[C@H](O)c1nn(-c2cc(O[C@@H](C)C(F)(F)F)c(C(=O)Nc3c(F)cccc3Cl)cc2F)c(=O)n1C. The summed E-state index contributed by atoms with van der Waals surface area (Å²) in [5, 5.41) is 15.4. The fraction of sp³-hybridized carbons (Fsp3) is 0.286. The summed E-state index contributed by atoms with van der Waals surface area (Å²) in [6.07, 6.45) is -8.54. The number of anilines is 1. The number of nitrogens with zero attached hydrogens (tertiary/aromatic N) is 3. The molecule has 0 unspecified atom stereocenters. The van der Waals surface area contributed by atoms with Gasteiger partial charge in [-0.2, -0.15) is 17.9 Å². The van der Waals surface area contributed by atoms with Crippen molar-refractivity contribution in [2.45, 2.75) is 32.2 Å². The van der Waals surface area contributed by atoms with E-state index in [2.05, 4.69) is 10.4 Å². The van der Waals surface area contributed by atoms with Crippen molar-refractivity contribution < 1.29 is 36.6 Å². The predicted octanol–water partition coefficient (Wildman–Crippen LogP) is 4.14. The van der Waals surface area contributed by atoms with E-state index in [1.165, 1.54) is 26.1 Å². The van der Waals surface area contributed by atoms with Gasteiger partial charge in [-0.05, 0) is 32.0 Å². The third-order valence-corrected chi connectivity index (χ3v) is 5.19. The normalized spacial score (nSPS) is 13.4. The van der Waals surface area contributed by atoms with Crippen LogP contribution in [0.4, 0.5) is 27.6 Å². The van der Waals surface area contributed by atoms with E-state index in [0.717, 1.165) is 10.6 Å². The van der Waals surface area contributed by atoms with Crippen molar-refractivity contribution in [1.29, 1.82) is 0 Å². The summed E-state index contributed by atoms with van der Waals surface area (Å²) in [6, 6.07) is 4.67. The molecule has 1 heterocycles. The lowest BCUT2D eigenvalue weighted by molar-refractivity contribution is -0.189. The highest BCUT2D eigenvalue weighted by Gasteiger charge is 2.39. The molecule has 0 aliphatic heterocycles. The Kier molecular flexibility index (Phi) is 7.22. The highest BCUT2D eigenvalue weighted by Crippen LogP contribution is 2.32. The van der Waals surface area contributed by atoms with Gasteiger partial charge in [-0.3, -0.25) is 9.36 Å². The van der Waals surface area contributed by atoms with Gasteiger partial charge in [-0.1, -0.05) is 17.7 Å². The number of para-hydroxylation sites is 1. The summed E-state index contributed by atoms with van der Waals surface area (Å²) >= 11 is 5.86. The molecule has 3 rings (SSSR count). The minimum Gasteiger partial charge on any atom is -0.480 e. The molecule has 0 bridgehead atoms. The Morgan fingerprint density at radius 2 is 1.86 bits per heavy atom. The average molecular weight is 521 g/mol. The van der Waals surface area contributed by atoms with Gasteiger partial charge < -0.3 is 15.2 Å². The fourth-order valence-corrected chi connectivity index (χ4v) is 3.22. The molecular formula is C21H18ClF5N4O4. The van der Waals surface area contributed by atoms with Crippen molar-refractivity contribution in [3.63, 3.8) is 0 Å². The summed E-state index contributed by atoms with van der Waals surface area (Å²) < 4.78 is 74.9. The maximum atomic E-state index is 15.0. The van der Waals surface area contributed by atoms with Gasteiger partial charge in [0.25, 0.3) is 5.91 Å². The summed E-state index contributed by atoms with van der Waals surface area (Å²) in [5.74, 6) is -4.34. The quantitative estimate of drug-likeness (QED) is 0.476. The Balaban J connectivity index is 2.16. The van der Waals surface area contributed by atoms with Crippen LogP contribution in [0.2, 0.25) is 5.02 Å². The summed E-state index contributed by atoms with van der Waals surface area (Å²) in [4.78, 5) is 25.3. The van der Waals surface area contributed by atoms with E-state index < -0.39 is 64.3 Å². The first-order chi connectivity index (χ1) is 16.2. The minimum atomic E-state index is -4.86. The van der Waals surface area contributed by atoms with Gasteiger partial charge in [-0.25, -0.2) is 13.6 Å². The zero-order valence-electron chi connectivity index (χ0n) is 18.3. The molecule has 35 heavy (non-hydrogen) atoms. The van der Waals surface area contributed by atoms with E-state index in [0.29, 0.717) is 23.7 Å². The van der Waals surface area contributed by atoms with Crippen molar-refractivity contribution in [3.8, 4) is 11.4 Å². The van der Waals surface area contributed by atoms with Crippen LogP contribution in [-0.2, 0) is 7.05 Å². The molecule has 2 N–H and O–H groups in total. The smallest absolute Gasteiger partial charge is 0.425 e. The van der Waals surface area contributed by atoms with Crippen molar-refractivity contribution in [3.05, 3.63) is 68.9 Å². The van der Waals surface area contributed by atoms with Gasteiger partial charge >= 0.3 is 11.9 Å². The van der Waals surface area contributed by atoms with Crippen molar-refractivity contribution in [1.82, 2.24) is 14.3 Å². The van der Waals surface area contributed by atoms with Crippen LogP contribution in [0.1, 0.15) is 36.1 Å². The number of aliphatic hydroxyl groups is 1. The van der Waals surface area contributed by atoms with Crippen molar-refractivity contribution in [2.24, 2.45) is 7.05 Å². The van der Waals surface area contributed by atoms with Gasteiger partial charge in [-0.15, -0.1) is 5.10 Å². The van der Waals surface area contributed by atoms with Gasteiger partial charge in [0.2, 0.25) is 0 Å². The first kappa shape index (κ1) is 26.2. The van der Waals surface area contributed by atoms with Gasteiger partial charge in [0.05, 0.1) is 16.3 Å². The van der Waals surface area contributed by atoms with Crippen LogP contribution in [0.15, 0.2) is 35.1 Å². The zero-order chi connectivity index (χ0) is 26.2. The molecule has 0 aliphatic carbocycles. The van der Waals surface area contributed by atoms with E-state index >= 15 is 4.39 Å². The molecule has 2 atom stereocenters. The third-order valence-electron chi connectivity index (χ3n) is 4.88. The van der Waals surface area contributed by atoms with Gasteiger partial charge in [0.15, 0.2) is 11.9 Å². The molecule has 0 fully saturated rings. The lowest BCUT2D eigenvalue weighted by Crippen LogP contribution is -2.32. The Bertz CT molecular complexity index is 1320. The number of alkyl halides is 3. The maximum absolute atomic E-state index is 15.0. The molecular weight excluding hydrogens is 503 g/mol. The molecule has 14 heteroatoms. The topological polar surface area (TPSA) is 98.4 Å². The maximum Gasteiger partial charge on any atom is 0.425 e. The number of rotatable bonds is 6. The minimum absolute atomic E-state index is 0.156. The first-order valence-corrected chi connectivity index (χ1v) is 10.3. The molecule has 8 nitrogen and oxygen atoms in total. The largest absolute Gasteiger partial charge is 0.480 e. The number of benzene rings is 2.